The van der Waals surface area contributed by atoms with Crippen LogP contribution in [0.4, 0.5) is 0 Å². The molecule has 0 aromatic carbocycles. The van der Waals surface area contributed by atoms with Gasteiger partial charge in [-0.2, -0.15) is 0 Å². The van der Waals surface area contributed by atoms with Crippen molar-refractivity contribution in [3.05, 3.63) is 0 Å². The number of likely N-dealkylation sites (tertiary alicyclic amines) is 1. The van der Waals surface area contributed by atoms with Gasteiger partial charge in [-0.3, -0.25) is 0 Å². The second-order valence-corrected chi connectivity index (χ2v) is 6.61. The van der Waals surface area contributed by atoms with Gasteiger partial charge >= 0.3 is 0 Å². The van der Waals surface area contributed by atoms with Gasteiger partial charge < -0.3 is 10.2 Å². The maximum Gasteiger partial charge on any atom is 0.00151 e. The van der Waals surface area contributed by atoms with Crippen LogP contribution in [0, 0.1) is 11.3 Å². The predicted molar refractivity (Wildman–Crippen MR) is 76.4 cm³/mol. The van der Waals surface area contributed by atoms with Crippen LogP contribution in [-0.4, -0.2) is 37.6 Å². The van der Waals surface area contributed by atoms with Crippen molar-refractivity contribution in [2.75, 3.05) is 32.7 Å². The summed E-state index contributed by atoms with van der Waals surface area (Å²) >= 11 is 0. The fourth-order valence-electron chi connectivity index (χ4n) is 2.63. The monoisotopic (exact) mass is 240 g/mol. The molecule has 1 N–H and O–H groups in total. The Bertz CT molecular complexity index is 196. The summed E-state index contributed by atoms with van der Waals surface area (Å²) in [6.07, 6.45) is 5.33. The number of hydrogen-bond acceptors (Lipinski definition) is 2. The van der Waals surface area contributed by atoms with Crippen molar-refractivity contribution in [3.63, 3.8) is 0 Å². The van der Waals surface area contributed by atoms with Gasteiger partial charge in [0.25, 0.3) is 0 Å². The van der Waals surface area contributed by atoms with Crippen molar-refractivity contribution in [1.82, 2.24) is 10.2 Å². The molecule has 0 aliphatic carbocycles. The molecule has 0 aromatic heterocycles. The number of nitrogens with one attached hydrogen (secondary N) is 1. The molecular weight excluding hydrogens is 208 g/mol. The Kier molecular flexibility index (Phi) is 6.50. The van der Waals surface area contributed by atoms with Gasteiger partial charge in [-0.1, -0.05) is 27.7 Å². The van der Waals surface area contributed by atoms with Crippen LogP contribution in [0.25, 0.3) is 0 Å². The van der Waals surface area contributed by atoms with E-state index in [1.165, 1.54) is 58.4 Å². The molecular formula is C15H32N2. The zero-order valence-electron chi connectivity index (χ0n) is 12.4. The summed E-state index contributed by atoms with van der Waals surface area (Å²) in [4.78, 5) is 2.66. The highest BCUT2D eigenvalue weighted by atomic mass is 15.1. The molecule has 1 fully saturated rings. The number of nitrogens with zero attached hydrogens (tertiary/aromatic N) is 1. The second-order valence-electron chi connectivity index (χ2n) is 6.61. The molecule has 1 aliphatic heterocycles. The van der Waals surface area contributed by atoms with E-state index in [9.17, 15) is 0 Å². The van der Waals surface area contributed by atoms with Crippen molar-refractivity contribution < 1.29 is 0 Å². The molecule has 0 spiro atoms. The van der Waals surface area contributed by atoms with Gasteiger partial charge in [0, 0.05) is 6.54 Å². The molecule has 2 heteroatoms. The highest BCUT2D eigenvalue weighted by molar-refractivity contribution is 4.83. The molecule has 1 rings (SSSR count). The molecule has 1 aliphatic rings. The van der Waals surface area contributed by atoms with E-state index in [0.29, 0.717) is 5.41 Å². The second kappa shape index (κ2) is 7.38. The van der Waals surface area contributed by atoms with Crippen LogP contribution in [0.5, 0.6) is 0 Å². The van der Waals surface area contributed by atoms with E-state index in [2.05, 4.69) is 37.9 Å². The standard InChI is InChI=1S/C15H32N2/c1-5-9-16-10-6-7-11-17-12-8-14(13-17)15(2,3)4/h14,16H,5-13H2,1-4H3. The lowest BCUT2D eigenvalue weighted by Crippen LogP contribution is -2.27. The molecule has 0 aromatic rings. The first-order chi connectivity index (χ1) is 8.04. The molecule has 0 bridgehead atoms. The van der Waals surface area contributed by atoms with Crippen LogP contribution in [0.2, 0.25) is 0 Å². The number of unbranched alkanes of at least 4 members (excludes halogenated alkanes) is 1. The first kappa shape index (κ1) is 15.0. The fraction of sp³-hybridized carbons (Fsp3) is 1.00. The van der Waals surface area contributed by atoms with Crippen LogP contribution in [0.15, 0.2) is 0 Å². The minimum absolute atomic E-state index is 0.497. The lowest BCUT2D eigenvalue weighted by Gasteiger charge is -2.27. The average Bonchev–Trinajstić information content (AvgIpc) is 2.71. The lowest BCUT2D eigenvalue weighted by molar-refractivity contribution is 0.227. The Morgan fingerprint density at radius 1 is 1.18 bits per heavy atom. The van der Waals surface area contributed by atoms with E-state index in [1.54, 1.807) is 0 Å². The predicted octanol–water partition coefficient (Wildman–Crippen LogP) is 3.13. The van der Waals surface area contributed by atoms with Gasteiger partial charge in [0.1, 0.15) is 0 Å². The zero-order chi connectivity index (χ0) is 12.7. The lowest BCUT2D eigenvalue weighted by atomic mass is 9.80. The van der Waals surface area contributed by atoms with E-state index in [-0.39, 0.29) is 0 Å². The molecule has 17 heavy (non-hydrogen) atoms. The molecule has 2 nitrogen and oxygen atoms in total. The number of rotatable bonds is 7. The Morgan fingerprint density at radius 2 is 1.94 bits per heavy atom. The zero-order valence-corrected chi connectivity index (χ0v) is 12.4. The van der Waals surface area contributed by atoms with Crippen molar-refractivity contribution >= 4 is 0 Å². The topological polar surface area (TPSA) is 15.3 Å². The largest absolute Gasteiger partial charge is 0.317 e. The molecule has 102 valence electrons. The molecule has 1 atom stereocenters. The summed E-state index contributed by atoms with van der Waals surface area (Å²) in [6.45, 7) is 15.7. The Morgan fingerprint density at radius 3 is 2.53 bits per heavy atom. The molecule has 0 saturated carbocycles. The minimum Gasteiger partial charge on any atom is -0.317 e. The maximum atomic E-state index is 3.47. The third-order valence-electron chi connectivity index (χ3n) is 4.00. The first-order valence-electron chi connectivity index (χ1n) is 7.47. The molecule has 0 amide bonds. The molecule has 1 saturated heterocycles. The summed E-state index contributed by atoms with van der Waals surface area (Å²) in [5, 5.41) is 3.47. The highest BCUT2D eigenvalue weighted by Gasteiger charge is 2.31. The van der Waals surface area contributed by atoms with Gasteiger partial charge in [-0.25, -0.2) is 0 Å². The van der Waals surface area contributed by atoms with Crippen LogP contribution in [-0.2, 0) is 0 Å². The summed E-state index contributed by atoms with van der Waals surface area (Å²) in [5.41, 5.74) is 0.497. The maximum absolute atomic E-state index is 3.47. The normalized spacial score (nSPS) is 22.2. The van der Waals surface area contributed by atoms with Gasteiger partial charge in [0.05, 0.1) is 0 Å². The summed E-state index contributed by atoms with van der Waals surface area (Å²) in [6, 6.07) is 0. The average molecular weight is 240 g/mol. The third-order valence-corrected chi connectivity index (χ3v) is 4.00. The van der Waals surface area contributed by atoms with Crippen molar-refractivity contribution in [2.24, 2.45) is 11.3 Å². The smallest absolute Gasteiger partial charge is 0.00151 e. The van der Waals surface area contributed by atoms with E-state index in [4.69, 9.17) is 0 Å². The minimum atomic E-state index is 0.497. The molecule has 1 heterocycles. The van der Waals surface area contributed by atoms with Crippen LogP contribution in [0.3, 0.4) is 0 Å². The van der Waals surface area contributed by atoms with Crippen molar-refractivity contribution in [3.8, 4) is 0 Å². The fourth-order valence-corrected chi connectivity index (χ4v) is 2.63. The summed E-state index contributed by atoms with van der Waals surface area (Å²) in [7, 11) is 0. The van der Waals surface area contributed by atoms with Crippen LogP contribution < -0.4 is 5.32 Å². The van der Waals surface area contributed by atoms with Crippen molar-refractivity contribution in [1.29, 1.82) is 0 Å². The third kappa shape index (κ3) is 5.87. The Balaban J connectivity index is 2.02. The van der Waals surface area contributed by atoms with Crippen LogP contribution >= 0.6 is 0 Å². The van der Waals surface area contributed by atoms with E-state index >= 15 is 0 Å². The van der Waals surface area contributed by atoms with Crippen molar-refractivity contribution in [2.45, 2.75) is 53.4 Å². The summed E-state index contributed by atoms with van der Waals surface area (Å²) < 4.78 is 0. The quantitative estimate of drug-likeness (QED) is 0.688. The Labute approximate surface area is 108 Å². The van der Waals surface area contributed by atoms with Gasteiger partial charge in [-0.05, 0) is 63.2 Å². The highest BCUT2D eigenvalue weighted by Crippen LogP contribution is 2.33. The summed E-state index contributed by atoms with van der Waals surface area (Å²) in [5.74, 6) is 0.903. The molecule has 0 radical (unpaired) electrons. The molecule has 1 unspecified atom stereocenters. The van der Waals surface area contributed by atoms with Gasteiger partial charge in [0.2, 0.25) is 0 Å². The van der Waals surface area contributed by atoms with Gasteiger partial charge in [0.15, 0.2) is 0 Å². The SMILES string of the molecule is CCCNCCCCN1CCC(C(C)(C)C)C1. The Hall–Kier alpha value is -0.0800. The van der Waals surface area contributed by atoms with Crippen LogP contribution in [0.1, 0.15) is 53.4 Å². The van der Waals surface area contributed by atoms with Gasteiger partial charge in [-0.15, -0.1) is 0 Å². The van der Waals surface area contributed by atoms with E-state index < -0.39 is 0 Å². The van der Waals surface area contributed by atoms with E-state index in [0.717, 1.165) is 5.92 Å². The first-order valence-corrected chi connectivity index (χ1v) is 7.47. The van der Waals surface area contributed by atoms with E-state index in [1.807, 2.05) is 0 Å². The number of hydrogen-bond donors (Lipinski definition) is 1.